The van der Waals surface area contributed by atoms with Crippen LogP contribution in [0.25, 0.3) is 43.8 Å². The Kier molecular flexibility index (Phi) is 23.2. The first-order valence-corrected chi connectivity index (χ1v) is 33.7. The van der Waals surface area contributed by atoms with E-state index in [1.54, 1.807) is 11.1 Å². The van der Waals surface area contributed by atoms with Gasteiger partial charge >= 0.3 is 37.9 Å². The van der Waals surface area contributed by atoms with Crippen LogP contribution in [0.4, 0.5) is 0 Å². The van der Waals surface area contributed by atoms with Crippen LogP contribution < -0.4 is 0 Å². The van der Waals surface area contributed by atoms with Gasteiger partial charge in [0, 0.05) is 9.52 Å². The normalized spacial score (nSPS) is 16.0. The number of benzene rings is 4. The van der Waals surface area contributed by atoms with Crippen LogP contribution in [-0.2, 0) is 46.5 Å². The molecule has 2 fully saturated rings. The molecule has 0 N–H and O–H groups in total. The zero-order valence-corrected chi connectivity index (χ0v) is 45.7. The molecule has 6 aromatic rings. The topological polar surface area (TPSA) is 0 Å². The standard InChI is InChI=1S/2C29H37.C2H6Si.2ClH.Zr/c2*1-3-17-29(18-8-6-5-7-9-19-29)22-24-20-26-11-10-12-27(28(26)21-24)25-15-13-23(4-2)14-16-25;1-3-2;;;/h2*10-16,20-21H,3-9,17-19,22H2,1-2H3;1-2H3;2*1H;/q2*-1;;;;+4/p-2. The van der Waals surface area contributed by atoms with Gasteiger partial charge in [-0.3, -0.25) is 0 Å². The molecule has 0 nitrogen and oxygen atoms in total. The summed E-state index contributed by atoms with van der Waals surface area (Å²) in [4.78, 5) is 0. The van der Waals surface area contributed by atoms with Crippen LogP contribution in [0.1, 0.15) is 166 Å². The van der Waals surface area contributed by atoms with Crippen molar-refractivity contribution in [2.24, 2.45) is 10.8 Å². The van der Waals surface area contributed by atoms with Crippen molar-refractivity contribution in [2.75, 3.05) is 0 Å². The average Bonchev–Trinajstić information content (AvgIpc) is 3.90. The molecule has 0 saturated heterocycles. The Labute approximate surface area is 412 Å². The van der Waals surface area contributed by atoms with Crippen molar-refractivity contribution in [1.82, 2.24) is 0 Å². The van der Waals surface area contributed by atoms with Gasteiger partial charge in [-0.05, 0) is 97.3 Å². The SMILES string of the molecule is CCCC1(Cc2cc3c(-c4ccc(CC)cc4)cccc3[cH-]2)CCCCCCC1.CCCC1(Cc2cc3c(-c4ccc(CC)cc4)cccc3[cH-]2)CCCCCCC1.C[Si]C.[Cl][Zr+2][Cl]. The number of rotatable bonds is 12. The fourth-order valence-corrected chi connectivity index (χ4v) is 11.4. The van der Waals surface area contributed by atoms with Crippen LogP contribution in [0.2, 0.25) is 13.1 Å². The Bertz CT molecular complexity index is 2020. The summed E-state index contributed by atoms with van der Waals surface area (Å²) < 4.78 is 0. The molecule has 6 aromatic carbocycles. The summed E-state index contributed by atoms with van der Waals surface area (Å²) in [5.74, 6) is 0. The van der Waals surface area contributed by atoms with Crippen LogP contribution in [-0.4, -0.2) is 9.52 Å². The first-order valence-electron chi connectivity index (χ1n) is 25.4. The zero-order chi connectivity index (χ0) is 45.6. The predicted octanol–water partition coefficient (Wildman–Crippen LogP) is 19.9. The minimum atomic E-state index is -0.826. The number of hydrogen-bond donors (Lipinski definition) is 0. The van der Waals surface area contributed by atoms with Gasteiger partial charge in [-0.2, -0.15) is 12.1 Å². The second-order valence-corrected chi connectivity index (χ2v) is 24.1. The van der Waals surface area contributed by atoms with Gasteiger partial charge in [0.25, 0.3) is 0 Å². The van der Waals surface area contributed by atoms with Crippen molar-refractivity contribution >= 4 is 48.1 Å². The number of hydrogen-bond acceptors (Lipinski definition) is 0. The van der Waals surface area contributed by atoms with Gasteiger partial charge in [0.1, 0.15) is 0 Å². The monoisotopic (exact) mass is 988 g/mol. The van der Waals surface area contributed by atoms with Crippen LogP contribution in [0.5, 0.6) is 0 Å². The zero-order valence-electron chi connectivity index (χ0n) is 40.7. The van der Waals surface area contributed by atoms with Gasteiger partial charge in [0.2, 0.25) is 0 Å². The Morgan fingerprint density at radius 1 is 0.500 bits per heavy atom. The van der Waals surface area contributed by atoms with E-state index in [4.69, 9.17) is 17.0 Å². The van der Waals surface area contributed by atoms with Crippen LogP contribution in [0.15, 0.2) is 109 Å². The average molecular weight is 992 g/mol. The summed E-state index contributed by atoms with van der Waals surface area (Å²) in [6.45, 7) is 13.5. The summed E-state index contributed by atoms with van der Waals surface area (Å²) in [6.07, 6.45) is 30.2. The Balaban J connectivity index is 0.000000215. The van der Waals surface area contributed by atoms with Gasteiger partial charge in [0.15, 0.2) is 0 Å². The quantitative estimate of drug-likeness (QED) is 0.0847. The molecule has 2 saturated carbocycles. The van der Waals surface area contributed by atoms with Crippen molar-refractivity contribution in [3.63, 3.8) is 0 Å². The molecule has 0 spiro atoms. The minimum absolute atomic E-state index is 0.530. The molecule has 2 aliphatic rings. The molecular weight excluding hydrogens is 911 g/mol. The van der Waals surface area contributed by atoms with Gasteiger partial charge < -0.3 is 0 Å². The molecule has 342 valence electrons. The maximum atomic E-state index is 4.93. The molecule has 0 aromatic heterocycles. The number of halogens is 2. The van der Waals surface area contributed by atoms with E-state index in [0.717, 1.165) is 22.4 Å². The summed E-state index contributed by atoms with van der Waals surface area (Å²) in [5.41, 5.74) is 12.5. The number of aryl methyl sites for hydroxylation is 2. The Morgan fingerprint density at radius 2 is 0.828 bits per heavy atom. The third-order valence-corrected chi connectivity index (χ3v) is 14.5. The third kappa shape index (κ3) is 15.4. The second kappa shape index (κ2) is 28.2. The van der Waals surface area contributed by atoms with Crippen molar-refractivity contribution in [3.8, 4) is 22.3 Å². The first-order chi connectivity index (χ1) is 31.3. The summed E-state index contributed by atoms with van der Waals surface area (Å²) >= 11 is -0.826. The molecule has 0 aliphatic heterocycles. The van der Waals surface area contributed by atoms with E-state index in [1.165, 1.54) is 183 Å². The summed E-state index contributed by atoms with van der Waals surface area (Å²) in [5, 5.41) is 5.69. The molecular formula is C60H80Cl2SiZr. The van der Waals surface area contributed by atoms with Gasteiger partial charge in [0.05, 0.1) is 0 Å². The molecule has 0 atom stereocenters. The fraction of sp³-hybridized carbons (Fsp3) is 0.500. The molecule has 2 radical (unpaired) electrons. The first kappa shape index (κ1) is 52.7. The van der Waals surface area contributed by atoms with Gasteiger partial charge in [-0.25, -0.2) is 0 Å². The molecule has 0 bridgehead atoms. The molecule has 0 unspecified atom stereocenters. The molecule has 2 aliphatic carbocycles. The maximum absolute atomic E-state index is 4.93. The van der Waals surface area contributed by atoms with E-state index in [-0.39, 0.29) is 0 Å². The van der Waals surface area contributed by atoms with Crippen molar-refractivity contribution in [1.29, 1.82) is 0 Å². The van der Waals surface area contributed by atoms with Crippen LogP contribution in [0, 0.1) is 10.8 Å². The summed E-state index contributed by atoms with van der Waals surface area (Å²) in [7, 11) is 11.0. The Hall–Kier alpha value is -2.22. The van der Waals surface area contributed by atoms with E-state index in [2.05, 4.69) is 150 Å². The van der Waals surface area contributed by atoms with E-state index < -0.39 is 20.8 Å². The Morgan fingerprint density at radius 3 is 1.14 bits per heavy atom. The fourth-order valence-electron chi connectivity index (χ4n) is 11.4. The van der Waals surface area contributed by atoms with E-state index in [9.17, 15) is 0 Å². The predicted molar refractivity (Wildman–Crippen MR) is 285 cm³/mol. The van der Waals surface area contributed by atoms with E-state index in [1.807, 2.05) is 0 Å². The second-order valence-electron chi connectivity index (χ2n) is 19.4. The molecule has 0 heterocycles. The van der Waals surface area contributed by atoms with E-state index >= 15 is 0 Å². The van der Waals surface area contributed by atoms with Crippen LogP contribution in [0.3, 0.4) is 0 Å². The summed E-state index contributed by atoms with van der Waals surface area (Å²) in [6, 6.07) is 41.9. The van der Waals surface area contributed by atoms with Crippen molar-refractivity contribution < 1.29 is 20.8 Å². The molecule has 4 heteroatoms. The molecule has 64 heavy (non-hydrogen) atoms. The van der Waals surface area contributed by atoms with Crippen molar-refractivity contribution in [3.05, 3.63) is 131 Å². The molecule has 0 amide bonds. The number of fused-ring (bicyclic) bond motifs is 2. The van der Waals surface area contributed by atoms with Gasteiger partial charge in [-0.15, -0.1) is 69.1 Å². The molecule has 8 rings (SSSR count). The van der Waals surface area contributed by atoms with Gasteiger partial charge in [-0.1, -0.05) is 190 Å². The van der Waals surface area contributed by atoms with Crippen LogP contribution >= 0.6 is 17.0 Å². The third-order valence-electron chi connectivity index (χ3n) is 14.5. The van der Waals surface area contributed by atoms with Crippen molar-refractivity contribution in [2.45, 2.75) is 182 Å². The van der Waals surface area contributed by atoms with E-state index in [0.29, 0.717) is 10.8 Å².